The van der Waals surface area contributed by atoms with Gasteiger partial charge >= 0.3 is 0 Å². The molecule has 0 radical (unpaired) electrons. The molecule has 0 aliphatic heterocycles. The zero-order valence-electron chi connectivity index (χ0n) is 14.2. The molecule has 0 spiro atoms. The fraction of sp³-hybridized carbons (Fsp3) is 0.353. The predicted octanol–water partition coefficient (Wildman–Crippen LogP) is 2.12. The molecule has 0 fully saturated rings. The smallest absolute Gasteiger partial charge is 0.235 e. The van der Waals surface area contributed by atoms with E-state index in [1.807, 2.05) is 24.3 Å². The number of anilines is 1. The van der Waals surface area contributed by atoms with Gasteiger partial charge in [-0.15, -0.1) is 11.8 Å². The zero-order chi connectivity index (χ0) is 18.1. The Kier molecular flexibility index (Phi) is 7.49. The number of thioether (sulfide) groups is 1. The summed E-state index contributed by atoms with van der Waals surface area (Å²) in [7, 11) is 1.65. The van der Waals surface area contributed by atoms with Crippen molar-refractivity contribution in [2.75, 3.05) is 23.9 Å². The van der Waals surface area contributed by atoms with Crippen molar-refractivity contribution in [2.24, 2.45) is 0 Å². The van der Waals surface area contributed by atoms with E-state index in [4.69, 9.17) is 9.26 Å². The maximum atomic E-state index is 11.8. The van der Waals surface area contributed by atoms with Crippen molar-refractivity contribution in [3.8, 4) is 0 Å². The number of methoxy groups -OCH3 is 1. The Hall–Kier alpha value is -2.32. The van der Waals surface area contributed by atoms with Crippen molar-refractivity contribution in [1.29, 1.82) is 0 Å². The summed E-state index contributed by atoms with van der Waals surface area (Å²) in [6.07, 6.45) is 0. The number of rotatable bonds is 9. The van der Waals surface area contributed by atoms with Crippen LogP contribution < -0.4 is 10.6 Å². The lowest BCUT2D eigenvalue weighted by Crippen LogP contribution is -2.25. The van der Waals surface area contributed by atoms with Gasteiger partial charge in [-0.25, -0.2) is 0 Å². The largest absolute Gasteiger partial charge is 0.380 e. The third kappa shape index (κ3) is 6.98. The average Bonchev–Trinajstić information content (AvgIpc) is 2.99. The second-order valence-corrected chi connectivity index (χ2v) is 6.38. The van der Waals surface area contributed by atoms with Crippen LogP contribution in [0.3, 0.4) is 0 Å². The first kappa shape index (κ1) is 19.0. The summed E-state index contributed by atoms with van der Waals surface area (Å²) in [6, 6.07) is 9.48. The van der Waals surface area contributed by atoms with Crippen LogP contribution >= 0.6 is 11.8 Å². The summed E-state index contributed by atoms with van der Waals surface area (Å²) in [4.78, 5) is 23.5. The molecule has 1 aromatic carbocycles. The standard InChI is InChI=1S/C17H21N3O4S/c1-12-7-15(20-24-12)19-17(22)11-25-10-16(21)18-8-13-3-5-14(6-4-13)9-23-2/h3-7H,8-11H2,1-2H3,(H,18,21)(H,19,20,22). The Labute approximate surface area is 150 Å². The number of hydrogen-bond acceptors (Lipinski definition) is 6. The summed E-state index contributed by atoms with van der Waals surface area (Å²) in [5, 5.41) is 9.11. The molecule has 1 aromatic heterocycles. The number of carbonyl (C=O) groups is 2. The Bertz CT molecular complexity index is 700. The highest BCUT2D eigenvalue weighted by atomic mass is 32.2. The SMILES string of the molecule is COCc1ccc(CNC(=O)CSCC(=O)Nc2cc(C)on2)cc1. The van der Waals surface area contributed by atoms with E-state index in [0.29, 0.717) is 24.7 Å². The topological polar surface area (TPSA) is 93.5 Å². The van der Waals surface area contributed by atoms with Gasteiger partial charge in [-0.05, 0) is 18.1 Å². The van der Waals surface area contributed by atoms with Gasteiger partial charge in [0.1, 0.15) is 5.76 Å². The second kappa shape index (κ2) is 9.85. The fourth-order valence-electron chi connectivity index (χ4n) is 2.01. The van der Waals surface area contributed by atoms with Crippen LogP contribution in [0.2, 0.25) is 0 Å². The quantitative estimate of drug-likeness (QED) is 0.709. The number of aryl methyl sites for hydroxylation is 1. The number of nitrogens with one attached hydrogen (secondary N) is 2. The molecule has 2 amide bonds. The van der Waals surface area contributed by atoms with Crippen LogP contribution in [0.15, 0.2) is 34.9 Å². The van der Waals surface area contributed by atoms with E-state index in [-0.39, 0.29) is 23.3 Å². The van der Waals surface area contributed by atoms with Gasteiger partial charge in [-0.1, -0.05) is 29.4 Å². The third-order valence-electron chi connectivity index (χ3n) is 3.19. The number of ether oxygens (including phenoxy) is 1. The third-order valence-corrected chi connectivity index (χ3v) is 4.12. The lowest BCUT2D eigenvalue weighted by Gasteiger charge is -2.06. The number of amides is 2. The molecule has 8 heteroatoms. The molecular weight excluding hydrogens is 342 g/mol. The Balaban J connectivity index is 1.62. The predicted molar refractivity (Wildman–Crippen MR) is 96.2 cm³/mol. The maximum absolute atomic E-state index is 11.8. The van der Waals surface area contributed by atoms with Crippen LogP contribution in [0.25, 0.3) is 0 Å². The monoisotopic (exact) mass is 363 g/mol. The maximum Gasteiger partial charge on any atom is 0.235 e. The molecule has 1 heterocycles. The first-order valence-corrected chi connectivity index (χ1v) is 8.86. The molecule has 0 atom stereocenters. The molecule has 2 rings (SSSR count). The van der Waals surface area contributed by atoms with E-state index in [1.54, 1.807) is 20.1 Å². The summed E-state index contributed by atoms with van der Waals surface area (Å²) in [5.41, 5.74) is 2.10. The van der Waals surface area contributed by atoms with Gasteiger partial charge in [0.15, 0.2) is 5.82 Å². The van der Waals surface area contributed by atoms with Gasteiger partial charge in [-0.3, -0.25) is 9.59 Å². The first-order valence-electron chi connectivity index (χ1n) is 7.71. The van der Waals surface area contributed by atoms with Crippen molar-refractivity contribution in [2.45, 2.75) is 20.1 Å². The Morgan fingerprint density at radius 2 is 1.84 bits per heavy atom. The number of nitrogens with zero attached hydrogens (tertiary/aromatic N) is 1. The summed E-state index contributed by atoms with van der Waals surface area (Å²) < 4.78 is 9.91. The molecule has 2 N–H and O–H groups in total. The van der Waals surface area contributed by atoms with Gasteiger partial charge in [0.2, 0.25) is 11.8 Å². The number of carbonyl (C=O) groups excluding carboxylic acids is 2. The van der Waals surface area contributed by atoms with Crippen molar-refractivity contribution >= 4 is 29.4 Å². The van der Waals surface area contributed by atoms with Gasteiger partial charge < -0.3 is 19.9 Å². The van der Waals surface area contributed by atoms with Crippen LogP contribution in [-0.4, -0.2) is 35.6 Å². The summed E-state index contributed by atoms with van der Waals surface area (Å²) >= 11 is 1.24. The van der Waals surface area contributed by atoms with E-state index >= 15 is 0 Å². The van der Waals surface area contributed by atoms with E-state index in [1.165, 1.54) is 11.8 Å². The van der Waals surface area contributed by atoms with Crippen molar-refractivity contribution in [1.82, 2.24) is 10.5 Å². The van der Waals surface area contributed by atoms with Gasteiger partial charge in [-0.2, -0.15) is 0 Å². The number of hydrogen-bond donors (Lipinski definition) is 2. The fourth-order valence-corrected chi connectivity index (χ4v) is 2.66. The molecule has 134 valence electrons. The Morgan fingerprint density at radius 1 is 1.16 bits per heavy atom. The van der Waals surface area contributed by atoms with E-state index in [9.17, 15) is 9.59 Å². The van der Waals surface area contributed by atoms with Crippen molar-refractivity contribution in [3.05, 3.63) is 47.2 Å². The molecule has 2 aromatic rings. The summed E-state index contributed by atoms with van der Waals surface area (Å²) in [5.74, 6) is 1.05. The first-order chi connectivity index (χ1) is 12.1. The Morgan fingerprint density at radius 3 is 2.48 bits per heavy atom. The van der Waals surface area contributed by atoms with Crippen LogP contribution in [0.4, 0.5) is 5.82 Å². The molecule has 0 unspecified atom stereocenters. The molecule has 0 aliphatic rings. The number of aromatic nitrogens is 1. The van der Waals surface area contributed by atoms with Crippen LogP contribution in [-0.2, 0) is 27.5 Å². The molecule has 0 aliphatic carbocycles. The second-order valence-electron chi connectivity index (χ2n) is 5.39. The van der Waals surface area contributed by atoms with E-state index in [0.717, 1.165) is 11.1 Å². The highest BCUT2D eigenvalue weighted by Crippen LogP contribution is 2.09. The summed E-state index contributed by atoms with van der Waals surface area (Å²) in [6.45, 7) is 2.77. The lowest BCUT2D eigenvalue weighted by molar-refractivity contribution is -0.118. The van der Waals surface area contributed by atoms with Gasteiger partial charge in [0.25, 0.3) is 0 Å². The highest BCUT2D eigenvalue weighted by molar-refractivity contribution is 8.00. The van der Waals surface area contributed by atoms with Gasteiger partial charge in [0, 0.05) is 19.7 Å². The zero-order valence-corrected chi connectivity index (χ0v) is 15.0. The molecule has 0 saturated carbocycles. The highest BCUT2D eigenvalue weighted by Gasteiger charge is 2.08. The molecule has 7 nitrogen and oxygen atoms in total. The molecule has 25 heavy (non-hydrogen) atoms. The van der Waals surface area contributed by atoms with Gasteiger partial charge in [0.05, 0.1) is 18.1 Å². The van der Waals surface area contributed by atoms with E-state index < -0.39 is 0 Å². The van der Waals surface area contributed by atoms with Crippen molar-refractivity contribution < 1.29 is 18.8 Å². The average molecular weight is 363 g/mol. The molecular formula is C17H21N3O4S. The normalized spacial score (nSPS) is 10.5. The van der Waals surface area contributed by atoms with Crippen molar-refractivity contribution in [3.63, 3.8) is 0 Å². The van der Waals surface area contributed by atoms with E-state index in [2.05, 4.69) is 15.8 Å². The minimum Gasteiger partial charge on any atom is -0.380 e. The molecule has 0 bridgehead atoms. The van der Waals surface area contributed by atoms with Crippen LogP contribution in [0.5, 0.6) is 0 Å². The lowest BCUT2D eigenvalue weighted by atomic mass is 10.1. The van der Waals surface area contributed by atoms with Crippen LogP contribution in [0, 0.1) is 6.92 Å². The van der Waals surface area contributed by atoms with Crippen LogP contribution in [0.1, 0.15) is 16.9 Å². The minimum absolute atomic E-state index is 0.115. The number of benzene rings is 1. The minimum atomic E-state index is -0.222. The molecule has 0 saturated heterocycles.